The van der Waals surface area contributed by atoms with E-state index in [1.54, 1.807) is 0 Å². The van der Waals surface area contributed by atoms with E-state index in [0.717, 1.165) is 18.2 Å². The molecule has 2 heterocycles. The van der Waals surface area contributed by atoms with E-state index in [0.29, 0.717) is 6.54 Å². The van der Waals surface area contributed by atoms with Gasteiger partial charge in [0.2, 0.25) is 0 Å². The zero-order valence-electron chi connectivity index (χ0n) is 19.0. The second-order valence-corrected chi connectivity index (χ2v) is 9.27. The maximum atomic E-state index is 14.4. The number of rotatable bonds is 9. The van der Waals surface area contributed by atoms with E-state index < -0.39 is 47.2 Å². The van der Waals surface area contributed by atoms with Crippen molar-refractivity contribution in [3.8, 4) is 11.3 Å². The van der Waals surface area contributed by atoms with Crippen molar-refractivity contribution >= 4 is 5.91 Å². The predicted octanol–water partition coefficient (Wildman–Crippen LogP) is 2.57. The Balaban J connectivity index is 2.07. The van der Waals surface area contributed by atoms with Gasteiger partial charge >= 0.3 is 0 Å². The van der Waals surface area contributed by atoms with E-state index in [1.807, 2.05) is 13.8 Å². The molecule has 0 spiro atoms. The number of nitrogens with zero attached hydrogens (tertiary/aromatic N) is 2. The molecule has 3 rings (SSSR count). The molecule has 1 aromatic carbocycles. The van der Waals surface area contributed by atoms with Crippen LogP contribution in [0.5, 0.6) is 0 Å². The Kier molecular flexibility index (Phi) is 7.81. The lowest BCUT2D eigenvalue weighted by atomic mass is 9.79. The van der Waals surface area contributed by atoms with Gasteiger partial charge < -0.3 is 25.4 Å². The van der Waals surface area contributed by atoms with E-state index >= 15 is 0 Å². The minimum Gasteiger partial charge on any atom is -0.396 e. The first-order valence-corrected chi connectivity index (χ1v) is 11.0. The Morgan fingerprint density at radius 1 is 1.33 bits per heavy atom. The summed E-state index contributed by atoms with van der Waals surface area (Å²) in [6, 6.07) is 2.26. The number of H-pyrrole nitrogens is 1. The third-order valence-electron chi connectivity index (χ3n) is 6.21. The minimum atomic E-state index is -1.35. The van der Waals surface area contributed by atoms with Crippen LogP contribution < -0.4 is 5.32 Å². The first-order chi connectivity index (χ1) is 15.5. The number of alkyl halides is 1. The van der Waals surface area contributed by atoms with Gasteiger partial charge in [0.15, 0.2) is 0 Å². The molecule has 1 aliphatic heterocycles. The summed E-state index contributed by atoms with van der Waals surface area (Å²) < 4.78 is 42.5. The highest BCUT2D eigenvalue weighted by molar-refractivity contribution is 5.80. The molecular formula is C23H31F3N4O3. The number of imidazole rings is 1. The number of carbonyl (C=O) groups excluding carboxylic acids is 1. The largest absolute Gasteiger partial charge is 0.396 e. The van der Waals surface area contributed by atoms with Gasteiger partial charge in [0, 0.05) is 37.7 Å². The van der Waals surface area contributed by atoms with Crippen molar-refractivity contribution in [2.75, 3.05) is 26.2 Å². The summed E-state index contributed by atoms with van der Waals surface area (Å²) in [5, 5.41) is 22.7. The second kappa shape index (κ2) is 10.2. The SMILES string of the molecule is CC(O)C(=O)N(CC1CNCC1F)C(c1ncc(-c2cc(F)ccc2F)[nH]1)C(C)(C)CCO. The summed E-state index contributed by atoms with van der Waals surface area (Å²) in [6.07, 6.45) is -0.896. The normalized spacial score (nSPS) is 20.6. The zero-order chi connectivity index (χ0) is 24.3. The number of aliphatic hydroxyl groups excluding tert-OH is 2. The maximum absolute atomic E-state index is 14.4. The van der Waals surface area contributed by atoms with Gasteiger partial charge in [-0.25, -0.2) is 18.2 Å². The molecule has 1 saturated heterocycles. The Bertz CT molecular complexity index is 966. The highest BCUT2D eigenvalue weighted by atomic mass is 19.1. The fourth-order valence-corrected chi connectivity index (χ4v) is 4.38. The molecule has 1 aliphatic rings. The van der Waals surface area contributed by atoms with E-state index in [4.69, 9.17) is 0 Å². The van der Waals surface area contributed by atoms with Gasteiger partial charge in [-0.3, -0.25) is 4.79 Å². The smallest absolute Gasteiger partial charge is 0.251 e. The molecule has 182 valence electrons. The summed E-state index contributed by atoms with van der Waals surface area (Å²) in [7, 11) is 0. The molecule has 4 unspecified atom stereocenters. The van der Waals surface area contributed by atoms with Gasteiger partial charge in [-0.2, -0.15) is 0 Å². The van der Waals surface area contributed by atoms with Crippen molar-refractivity contribution < 1.29 is 28.2 Å². The van der Waals surface area contributed by atoms with Crippen LogP contribution in [-0.4, -0.2) is 69.5 Å². The first-order valence-electron chi connectivity index (χ1n) is 11.0. The van der Waals surface area contributed by atoms with Gasteiger partial charge in [-0.15, -0.1) is 0 Å². The van der Waals surface area contributed by atoms with Gasteiger partial charge in [0.05, 0.1) is 17.9 Å². The Labute approximate surface area is 191 Å². The number of amides is 1. The summed E-state index contributed by atoms with van der Waals surface area (Å²) in [5.41, 5.74) is -0.570. The predicted molar refractivity (Wildman–Crippen MR) is 117 cm³/mol. The summed E-state index contributed by atoms with van der Waals surface area (Å²) in [4.78, 5) is 21.8. The van der Waals surface area contributed by atoms with Crippen molar-refractivity contribution in [2.45, 2.75) is 45.5 Å². The molecule has 7 nitrogen and oxygen atoms in total. The molecule has 10 heteroatoms. The van der Waals surface area contributed by atoms with Crippen LogP contribution in [0.25, 0.3) is 11.3 Å². The van der Waals surface area contributed by atoms with Gasteiger partial charge in [0.1, 0.15) is 29.7 Å². The van der Waals surface area contributed by atoms with E-state index in [-0.39, 0.29) is 43.2 Å². The molecule has 0 bridgehead atoms. The number of hydrogen-bond acceptors (Lipinski definition) is 5. The molecule has 1 amide bonds. The fraction of sp³-hybridized carbons (Fsp3) is 0.565. The molecule has 33 heavy (non-hydrogen) atoms. The number of nitrogens with one attached hydrogen (secondary N) is 2. The highest BCUT2D eigenvalue weighted by Gasteiger charge is 2.43. The number of benzene rings is 1. The molecule has 0 radical (unpaired) electrons. The van der Waals surface area contributed by atoms with Gasteiger partial charge in [-0.1, -0.05) is 13.8 Å². The lowest BCUT2D eigenvalue weighted by molar-refractivity contribution is -0.146. The molecule has 4 atom stereocenters. The van der Waals surface area contributed by atoms with Crippen LogP contribution in [-0.2, 0) is 4.79 Å². The molecule has 0 saturated carbocycles. The molecule has 4 N–H and O–H groups in total. The summed E-state index contributed by atoms with van der Waals surface area (Å²) in [5.74, 6) is -2.10. The van der Waals surface area contributed by atoms with E-state index in [9.17, 15) is 28.2 Å². The van der Waals surface area contributed by atoms with Crippen LogP contribution in [0.15, 0.2) is 24.4 Å². The van der Waals surface area contributed by atoms with Crippen LogP contribution >= 0.6 is 0 Å². The zero-order valence-corrected chi connectivity index (χ0v) is 19.0. The lowest BCUT2D eigenvalue weighted by Crippen LogP contribution is -2.49. The first kappa shape index (κ1) is 25.2. The Morgan fingerprint density at radius 2 is 2.06 bits per heavy atom. The Morgan fingerprint density at radius 3 is 2.67 bits per heavy atom. The quantitative estimate of drug-likeness (QED) is 0.453. The number of aromatic amines is 1. The average molecular weight is 469 g/mol. The molecule has 1 fully saturated rings. The van der Waals surface area contributed by atoms with Crippen LogP contribution in [0.2, 0.25) is 0 Å². The Hall–Kier alpha value is -2.43. The van der Waals surface area contributed by atoms with E-state index in [2.05, 4.69) is 15.3 Å². The highest BCUT2D eigenvalue weighted by Crippen LogP contribution is 2.41. The van der Waals surface area contributed by atoms with Gasteiger partial charge in [-0.05, 0) is 37.0 Å². The standard InChI is InChI=1S/C23H31F3N4O3/c1-13(32)22(33)30(12-14-9-27-10-18(14)26)20(23(2,3)6-7-31)21-28-11-19(29-21)16-8-15(24)4-5-17(16)25/h4-5,8,11,13-14,18,20,27,31-32H,6-7,9-10,12H2,1-3H3,(H,28,29). The summed E-state index contributed by atoms with van der Waals surface area (Å²) >= 11 is 0. The minimum absolute atomic E-state index is 0.0157. The van der Waals surface area contributed by atoms with Crippen LogP contribution in [0.4, 0.5) is 13.2 Å². The number of carbonyl (C=O) groups is 1. The number of aromatic nitrogens is 2. The number of hydrogen-bond donors (Lipinski definition) is 4. The van der Waals surface area contributed by atoms with Crippen molar-refractivity contribution in [2.24, 2.45) is 11.3 Å². The summed E-state index contributed by atoms with van der Waals surface area (Å²) in [6.45, 7) is 5.36. The third kappa shape index (κ3) is 5.56. The second-order valence-electron chi connectivity index (χ2n) is 9.27. The average Bonchev–Trinajstić information content (AvgIpc) is 3.38. The van der Waals surface area contributed by atoms with Crippen LogP contribution in [0.3, 0.4) is 0 Å². The third-order valence-corrected chi connectivity index (χ3v) is 6.21. The van der Waals surface area contributed by atoms with E-state index in [1.165, 1.54) is 18.0 Å². The fourth-order valence-electron chi connectivity index (χ4n) is 4.38. The molecule has 0 aliphatic carbocycles. The maximum Gasteiger partial charge on any atom is 0.251 e. The van der Waals surface area contributed by atoms with Gasteiger partial charge in [0.25, 0.3) is 5.91 Å². The number of halogens is 3. The van der Waals surface area contributed by atoms with Crippen molar-refractivity contribution in [1.29, 1.82) is 0 Å². The lowest BCUT2D eigenvalue weighted by Gasteiger charge is -2.42. The van der Waals surface area contributed by atoms with Crippen molar-refractivity contribution in [1.82, 2.24) is 20.2 Å². The topological polar surface area (TPSA) is 101 Å². The van der Waals surface area contributed by atoms with Crippen molar-refractivity contribution in [3.05, 3.63) is 41.9 Å². The molecule has 2 aromatic rings. The van der Waals surface area contributed by atoms with Crippen LogP contribution in [0.1, 0.15) is 39.1 Å². The molecular weight excluding hydrogens is 437 g/mol. The number of aliphatic hydroxyl groups is 2. The molecule has 1 aromatic heterocycles. The van der Waals surface area contributed by atoms with Crippen molar-refractivity contribution in [3.63, 3.8) is 0 Å². The monoisotopic (exact) mass is 468 g/mol. The van der Waals surface area contributed by atoms with Crippen LogP contribution in [0, 0.1) is 23.0 Å².